The Hall–Kier alpha value is -2.63. The summed E-state index contributed by atoms with van der Waals surface area (Å²) in [5.74, 6) is -0.569. The quantitative estimate of drug-likeness (QED) is 0.704. The molecule has 2 aliphatic rings. The molecule has 0 aliphatic carbocycles. The van der Waals surface area contributed by atoms with E-state index in [0.717, 1.165) is 35.3 Å². The first-order valence-corrected chi connectivity index (χ1v) is 10.6. The first kappa shape index (κ1) is 20.6. The van der Waals surface area contributed by atoms with Gasteiger partial charge in [0.25, 0.3) is 11.8 Å². The van der Waals surface area contributed by atoms with Gasteiger partial charge in [0.2, 0.25) is 0 Å². The van der Waals surface area contributed by atoms with Gasteiger partial charge in [-0.3, -0.25) is 9.59 Å². The molecule has 0 saturated carbocycles. The smallest absolute Gasteiger partial charge is 0.282 e. The summed E-state index contributed by atoms with van der Waals surface area (Å²) in [6, 6.07) is 11.3. The Morgan fingerprint density at radius 3 is 2.17 bits per heavy atom. The Balaban J connectivity index is 1.85. The molecule has 0 unspecified atom stereocenters. The number of carbonyl (C=O) groups is 2. The van der Waals surface area contributed by atoms with E-state index < -0.39 is 0 Å². The van der Waals surface area contributed by atoms with Crippen molar-refractivity contribution in [3.63, 3.8) is 0 Å². The summed E-state index contributed by atoms with van der Waals surface area (Å²) in [6.07, 6.45) is 0. The predicted octanol–water partition coefficient (Wildman–Crippen LogP) is 3.80. The number of halogens is 1. The lowest BCUT2D eigenvalue weighted by Gasteiger charge is -2.34. The van der Waals surface area contributed by atoms with E-state index in [-0.39, 0.29) is 11.8 Å². The van der Waals surface area contributed by atoms with Gasteiger partial charge in [0.05, 0.1) is 11.3 Å². The molecule has 2 amide bonds. The molecule has 0 N–H and O–H groups in total. The number of anilines is 1. The number of hydrogen-bond acceptors (Lipinski definition) is 4. The van der Waals surface area contributed by atoms with Crippen LogP contribution in [0.2, 0.25) is 5.02 Å². The van der Waals surface area contributed by atoms with Crippen molar-refractivity contribution in [2.75, 3.05) is 38.1 Å². The maximum absolute atomic E-state index is 13.6. The number of imide groups is 1. The van der Waals surface area contributed by atoms with Crippen LogP contribution in [0.1, 0.15) is 22.3 Å². The van der Waals surface area contributed by atoms with Crippen LogP contribution in [0.5, 0.6) is 0 Å². The van der Waals surface area contributed by atoms with Crippen molar-refractivity contribution in [2.24, 2.45) is 0 Å². The minimum absolute atomic E-state index is 0.278. The summed E-state index contributed by atoms with van der Waals surface area (Å²) in [7, 11) is 2.07. The number of benzene rings is 2. The standard InChI is InChI=1S/C24H26ClN3O2/c1-15-5-8-19(17(3)13-15)21-22(27-11-9-26(4)10-12-27)24(30)28(23(21)29)18-7-6-16(2)20(25)14-18/h5-8,13-14H,9-12H2,1-4H3. The molecule has 1 saturated heterocycles. The lowest BCUT2D eigenvalue weighted by molar-refractivity contribution is -0.120. The fourth-order valence-corrected chi connectivity index (χ4v) is 4.31. The molecule has 0 aromatic heterocycles. The molecule has 0 bridgehead atoms. The normalized spacial score (nSPS) is 18.0. The Morgan fingerprint density at radius 2 is 1.53 bits per heavy atom. The number of amides is 2. The summed E-state index contributed by atoms with van der Waals surface area (Å²) in [6.45, 7) is 9.02. The van der Waals surface area contributed by atoms with Gasteiger partial charge in [0, 0.05) is 31.2 Å². The van der Waals surface area contributed by atoms with E-state index in [2.05, 4.69) is 16.8 Å². The second-order valence-corrected chi connectivity index (χ2v) is 8.62. The van der Waals surface area contributed by atoms with E-state index >= 15 is 0 Å². The highest BCUT2D eigenvalue weighted by molar-refractivity contribution is 6.45. The lowest BCUT2D eigenvalue weighted by atomic mass is 9.97. The number of carbonyl (C=O) groups excluding carboxylic acids is 2. The van der Waals surface area contributed by atoms with Crippen molar-refractivity contribution in [1.82, 2.24) is 9.80 Å². The van der Waals surface area contributed by atoms with Gasteiger partial charge in [0.1, 0.15) is 5.70 Å². The highest BCUT2D eigenvalue weighted by Crippen LogP contribution is 2.37. The molecule has 2 heterocycles. The monoisotopic (exact) mass is 423 g/mol. The summed E-state index contributed by atoms with van der Waals surface area (Å²) in [5, 5.41) is 0.536. The molecule has 2 aromatic carbocycles. The fourth-order valence-electron chi connectivity index (χ4n) is 4.13. The molecule has 0 spiro atoms. The summed E-state index contributed by atoms with van der Waals surface area (Å²) in [5.41, 5.74) is 5.32. The Bertz CT molecular complexity index is 1070. The van der Waals surface area contributed by atoms with Crippen LogP contribution in [0.3, 0.4) is 0 Å². The summed E-state index contributed by atoms with van der Waals surface area (Å²) in [4.78, 5) is 32.8. The van der Waals surface area contributed by atoms with E-state index in [1.54, 1.807) is 12.1 Å². The number of likely N-dealkylation sites (N-methyl/N-ethyl adjacent to an activating group) is 1. The minimum atomic E-state index is -0.291. The van der Waals surface area contributed by atoms with Gasteiger partial charge in [-0.2, -0.15) is 0 Å². The number of rotatable bonds is 3. The average Bonchev–Trinajstić information content (AvgIpc) is 2.95. The Morgan fingerprint density at radius 1 is 0.833 bits per heavy atom. The lowest BCUT2D eigenvalue weighted by Crippen LogP contribution is -2.46. The van der Waals surface area contributed by atoms with E-state index in [0.29, 0.717) is 35.1 Å². The van der Waals surface area contributed by atoms with Crippen molar-refractivity contribution in [1.29, 1.82) is 0 Å². The second-order valence-electron chi connectivity index (χ2n) is 8.21. The van der Waals surface area contributed by atoms with Crippen LogP contribution in [-0.4, -0.2) is 54.8 Å². The number of piperazine rings is 1. The van der Waals surface area contributed by atoms with Gasteiger partial charge < -0.3 is 9.80 Å². The zero-order valence-electron chi connectivity index (χ0n) is 17.8. The Kier molecular flexibility index (Phi) is 5.43. The molecule has 156 valence electrons. The first-order valence-electron chi connectivity index (χ1n) is 10.2. The van der Waals surface area contributed by atoms with E-state index in [4.69, 9.17) is 11.6 Å². The minimum Gasteiger partial charge on any atom is -0.364 e. The maximum Gasteiger partial charge on any atom is 0.282 e. The molecule has 0 atom stereocenters. The van der Waals surface area contributed by atoms with Crippen molar-refractivity contribution in [3.05, 3.63) is 69.4 Å². The van der Waals surface area contributed by atoms with Crippen molar-refractivity contribution >= 4 is 34.7 Å². The van der Waals surface area contributed by atoms with Crippen LogP contribution in [-0.2, 0) is 9.59 Å². The van der Waals surface area contributed by atoms with Crippen LogP contribution in [0.4, 0.5) is 5.69 Å². The van der Waals surface area contributed by atoms with Crippen molar-refractivity contribution in [2.45, 2.75) is 20.8 Å². The summed E-state index contributed by atoms with van der Waals surface area (Å²) >= 11 is 6.31. The zero-order chi connectivity index (χ0) is 21.6. The molecule has 0 radical (unpaired) electrons. The van der Waals surface area contributed by atoms with Gasteiger partial charge >= 0.3 is 0 Å². The van der Waals surface area contributed by atoms with Crippen molar-refractivity contribution in [3.8, 4) is 0 Å². The molecular formula is C24H26ClN3O2. The third-order valence-electron chi connectivity index (χ3n) is 5.94. The van der Waals surface area contributed by atoms with Crippen LogP contribution in [0.25, 0.3) is 5.57 Å². The molecule has 6 heteroatoms. The van der Waals surface area contributed by atoms with Gasteiger partial charge in [0.15, 0.2) is 0 Å². The van der Waals surface area contributed by atoms with E-state index in [1.165, 1.54) is 4.90 Å². The van der Waals surface area contributed by atoms with Crippen LogP contribution < -0.4 is 4.90 Å². The van der Waals surface area contributed by atoms with Gasteiger partial charge in [-0.15, -0.1) is 0 Å². The van der Waals surface area contributed by atoms with Crippen molar-refractivity contribution < 1.29 is 9.59 Å². The summed E-state index contributed by atoms with van der Waals surface area (Å²) < 4.78 is 0. The number of nitrogens with zero attached hydrogens (tertiary/aromatic N) is 3. The predicted molar refractivity (Wildman–Crippen MR) is 121 cm³/mol. The van der Waals surface area contributed by atoms with Gasteiger partial charge in [-0.1, -0.05) is 41.4 Å². The molecule has 2 aliphatic heterocycles. The Labute approximate surface area is 182 Å². The average molecular weight is 424 g/mol. The van der Waals surface area contributed by atoms with E-state index in [9.17, 15) is 9.59 Å². The van der Waals surface area contributed by atoms with Gasteiger partial charge in [-0.05, 0) is 56.6 Å². The third-order valence-corrected chi connectivity index (χ3v) is 6.35. The van der Waals surface area contributed by atoms with Crippen LogP contribution in [0.15, 0.2) is 42.1 Å². The SMILES string of the molecule is Cc1ccc(C2=C(N3CCN(C)CC3)C(=O)N(c3ccc(C)c(Cl)c3)C2=O)c(C)c1. The highest BCUT2D eigenvalue weighted by atomic mass is 35.5. The zero-order valence-corrected chi connectivity index (χ0v) is 18.6. The molecule has 5 nitrogen and oxygen atoms in total. The molecule has 30 heavy (non-hydrogen) atoms. The maximum atomic E-state index is 13.6. The van der Waals surface area contributed by atoms with Gasteiger partial charge in [-0.25, -0.2) is 4.90 Å². The van der Waals surface area contributed by atoms with Crippen LogP contribution in [0, 0.1) is 20.8 Å². The largest absolute Gasteiger partial charge is 0.364 e. The third kappa shape index (κ3) is 3.53. The van der Waals surface area contributed by atoms with Crippen LogP contribution >= 0.6 is 11.6 Å². The molecule has 2 aromatic rings. The topological polar surface area (TPSA) is 43.9 Å². The molecular weight excluding hydrogens is 398 g/mol. The second kappa shape index (κ2) is 7.89. The number of hydrogen-bond donors (Lipinski definition) is 0. The highest BCUT2D eigenvalue weighted by Gasteiger charge is 2.43. The first-order chi connectivity index (χ1) is 14.3. The molecule has 1 fully saturated rings. The number of aryl methyl sites for hydroxylation is 3. The molecule has 4 rings (SSSR count). The fraction of sp³-hybridized carbons (Fsp3) is 0.333. The van der Waals surface area contributed by atoms with E-state index in [1.807, 2.05) is 45.0 Å².